The standard InChI is InChI=1S/C25H18BrNO6S/c1-32-20-12-16(13-21-23(28)27(25(31)34-21)18-8-3-2-4-9-18)11-19(26)22(20)33-14-15-6-5-7-17(10-15)24(29)30/h2-13H,14H2,1H3,(H,29,30)/b21-13+. The number of hydrogen-bond donors (Lipinski definition) is 1. The van der Waals surface area contributed by atoms with Gasteiger partial charge in [0.15, 0.2) is 11.5 Å². The zero-order chi connectivity index (χ0) is 24.2. The largest absolute Gasteiger partial charge is 0.493 e. The molecule has 34 heavy (non-hydrogen) atoms. The molecule has 3 aromatic rings. The van der Waals surface area contributed by atoms with Crippen molar-refractivity contribution < 1.29 is 29.0 Å². The van der Waals surface area contributed by atoms with Gasteiger partial charge in [-0.25, -0.2) is 9.69 Å². The number of anilines is 1. The summed E-state index contributed by atoms with van der Waals surface area (Å²) in [5.74, 6) is -0.563. The summed E-state index contributed by atoms with van der Waals surface area (Å²) in [6.45, 7) is 0.130. The normalized spacial score (nSPS) is 14.5. The number of ether oxygens (including phenoxy) is 2. The summed E-state index contributed by atoms with van der Waals surface area (Å²) < 4.78 is 11.9. The highest BCUT2D eigenvalue weighted by molar-refractivity contribution is 9.10. The molecule has 1 heterocycles. The highest BCUT2D eigenvalue weighted by Gasteiger charge is 2.36. The van der Waals surface area contributed by atoms with E-state index >= 15 is 0 Å². The molecule has 0 bridgehead atoms. The number of carboxylic acid groups (broad SMARTS) is 1. The van der Waals surface area contributed by atoms with Crippen molar-refractivity contribution in [3.8, 4) is 11.5 Å². The first kappa shape index (κ1) is 23.6. The van der Waals surface area contributed by atoms with E-state index in [1.807, 2.05) is 6.07 Å². The van der Waals surface area contributed by atoms with Crippen molar-refractivity contribution >= 4 is 56.6 Å². The molecule has 0 unspecified atom stereocenters. The molecule has 9 heteroatoms. The topological polar surface area (TPSA) is 93.1 Å². The zero-order valence-electron chi connectivity index (χ0n) is 17.9. The van der Waals surface area contributed by atoms with Gasteiger partial charge in [0.1, 0.15) is 6.61 Å². The number of imide groups is 1. The van der Waals surface area contributed by atoms with Crippen LogP contribution in [0.4, 0.5) is 10.5 Å². The molecular weight excluding hydrogens is 522 g/mol. The van der Waals surface area contributed by atoms with Crippen LogP contribution in [-0.4, -0.2) is 29.3 Å². The molecule has 1 aliphatic heterocycles. The second kappa shape index (κ2) is 10.1. The van der Waals surface area contributed by atoms with Crippen LogP contribution in [0.2, 0.25) is 0 Å². The number of carboxylic acids is 1. The number of benzene rings is 3. The minimum atomic E-state index is -1.01. The third-order valence-corrected chi connectivity index (χ3v) is 6.37. The van der Waals surface area contributed by atoms with Crippen LogP contribution in [0.25, 0.3) is 6.08 Å². The van der Waals surface area contributed by atoms with Gasteiger partial charge in [-0.2, -0.15) is 0 Å². The average Bonchev–Trinajstić information content (AvgIpc) is 3.11. The van der Waals surface area contributed by atoms with Crippen molar-refractivity contribution in [3.05, 3.63) is 92.8 Å². The molecule has 1 aliphatic rings. The van der Waals surface area contributed by atoms with Gasteiger partial charge in [0, 0.05) is 0 Å². The molecule has 1 fully saturated rings. The lowest BCUT2D eigenvalue weighted by atomic mass is 10.1. The lowest BCUT2D eigenvalue weighted by molar-refractivity contribution is -0.113. The van der Waals surface area contributed by atoms with Crippen molar-refractivity contribution in [1.82, 2.24) is 0 Å². The highest BCUT2D eigenvalue weighted by Crippen LogP contribution is 2.40. The van der Waals surface area contributed by atoms with Gasteiger partial charge < -0.3 is 14.6 Å². The molecule has 0 atom stereocenters. The van der Waals surface area contributed by atoms with E-state index in [0.717, 1.165) is 16.7 Å². The number of thioether (sulfide) groups is 1. The van der Waals surface area contributed by atoms with Gasteiger partial charge in [-0.05, 0) is 81.3 Å². The van der Waals surface area contributed by atoms with Gasteiger partial charge in [-0.3, -0.25) is 9.59 Å². The Morgan fingerprint density at radius 1 is 1.09 bits per heavy atom. The molecule has 0 radical (unpaired) electrons. The molecule has 3 aromatic carbocycles. The fourth-order valence-electron chi connectivity index (χ4n) is 3.33. The third-order valence-electron chi connectivity index (χ3n) is 4.91. The van der Waals surface area contributed by atoms with Gasteiger partial charge in [0.05, 0.1) is 27.7 Å². The van der Waals surface area contributed by atoms with E-state index in [1.54, 1.807) is 60.7 Å². The number of methoxy groups -OCH3 is 1. The molecule has 1 saturated heterocycles. The monoisotopic (exact) mass is 539 g/mol. The molecule has 7 nitrogen and oxygen atoms in total. The number of carbonyl (C=O) groups is 3. The molecule has 2 amide bonds. The summed E-state index contributed by atoms with van der Waals surface area (Å²) in [5.41, 5.74) is 2.02. The predicted molar refractivity (Wildman–Crippen MR) is 133 cm³/mol. The number of aromatic carboxylic acids is 1. The SMILES string of the molecule is COc1cc(/C=C2/SC(=O)N(c3ccccc3)C2=O)cc(Br)c1OCc1cccc(C(=O)O)c1. The molecule has 0 aromatic heterocycles. The number of para-hydroxylation sites is 1. The first-order chi connectivity index (χ1) is 16.4. The summed E-state index contributed by atoms with van der Waals surface area (Å²) in [6.07, 6.45) is 1.63. The summed E-state index contributed by atoms with van der Waals surface area (Å²) in [7, 11) is 1.49. The van der Waals surface area contributed by atoms with E-state index < -0.39 is 11.9 Å². The predicted octanol–water partition coefficient (Wildman–Crippen LogP) is 5.98. The maximum Gasteiger partial charge on any atom is 0.335 e. The zero-order valence-corrected chi connectivity index (χ0v) is 20.3. The molecule has 172 valence electrons. The number of hydrogen-bond acceptors (Lipinski definition) is 6. The number of halogens is 1. The Balaban J connectivity index is 1.57. The van der Waals surface area contributed by atoms with Gasteiger partial charge in [-0.15, -0.1) is 0 Å². The first-order valence-electron chi connectivity index (χ1n) is 10.0. The van der Waals surface area contributed by atoms with Gasteiger partial charge in [0.2, 0.25) is 0 Å². The average molecular weight is 540 g/mol. The van der Waals surface area contributed by atoms with Gasteiger partial charge in [-0.1, -0.05) is 30.3 Å². The second-order valence-corrected chi connectivity index (χ2v) is 9.03. The minimum Gasteiger partial charge on any atom is -0.493 e. The van der Waals surface area contributed by atoms with Crippen LogP contribution in [0.15, 0.2) is 76.1 Å². The highest BCUT2D eigenvalue weighted by atomic mass is 79.9. The first-order valence-corrected chi connectivity index (χ1v) is 11.6. The van der Waals surface area contributed by atoms with Crippen LogP contribution in [0, 0.1) is 0 Å². The van der Waals surface area contributed by atoms with Crippen LogP contribution in [-0.2, 0) is 11.4 Å². The fraction of sp³-hybridized carbons (Fsp3) is 0.0800. The Morgan fingerprint density at radius 3 is 2.56 bits per heavy atom. The molecular formula is C25H18BrNO6S. The number of carbonyl (C=O) groups excluding carboxylic acids is 2. The van der Waals surface area contributed by atoms with Crippen LogP contribution in [0.3, 0.4) is 0 Å². The number of amides is 2. The van der Waals surface area contributed by atoms with Crippen molar-refractivity contribution in [3.63, 3.8) is 0 Å². The van der Waals surface area contributed by atoms with E-state index in [-0.39, 0.29) is 17.4 Å². The molecule has 0 saturated carbocycles. The molecule has 0 aliphatic carbocycles. The van der Waals surface area contributed by atoms with E-state index in [1.165, 1.54) is 13.2 Å². The Bertz CT molecular complexity index is 1310. The summed E-state index contributed by atoms with van der Waals surface area (Å²) in [5, 5.41) is 8.80. The Hall–Kier alpha value is -3.56. The van der Waals surface area contributed by atoms with Gasteiger partial charge >= 0.3 is 5.97 Å². The molecule has 1 N–H and O–H groups in total. The lowest BCUT2D eigenvalue weighted by Crippen LogP contribution is -2.27. The van der Waals surface area contributed by atoms with Crippen molar-refractivity contribution in [2.24, 2.45) is 0 Å². The van der Waals surface area contributed by atoms with Crippen LogP contribution >= 0.6 is 27.7 Å². The van der Waals surface area contributed by atoms with E-state index in [4.69, 9.17) is 14.6 Å². The maximum absolute atomic E-state index is 12.9. The third kappa shape index (κ3) is 5.00. The molecule has 0 spiro atoms. The minimum absolute atomic E-state index is 0.130. The van der Waals surface area contributed by atoms with Crippen LogP contribution in [0.1, 0.15) is 21.5 Å². The maximum atomic E-state index is 12.9. The van der Waals surface area contributed by atoms with E-state index in [9.17, 15) is 14.4 Å². The van der Waals surface area contributed by atoms with Crippen molar-refractivity contribution in [2.45, 2.75) is 6.61 Å². The Kier molecular flexibility index (Phi) is 7.04. The van der Waals surface area contributed by atoms with Gasteiger partial charge in [0.25, 0.3) is 11.1 Å². The fourth-order valence-corrected chi connectivity index (χ4v) is 4.75. The Morgan fingerprint density at radius 2 is 1.85 bits per heavy atom. The lowest BCUT2D eigenvalue weighted by Gasteiger charge is -2.14. The van der Waals surface area contributed by atoms with Crippen LogP contribution < -0.4 is 14.4 Å². The quantitative estimate of drug-likeness (QED) is 0.369. The summed E-state index contributed by atoms with van der Waals surface area (Å²) in [4.78, 5) is 37.9. The summed E-state index contributed by atoms with van der Waals surface area (Å²) >= 11 is 4.35. The molecule has 4 rings (SSSR count). The number of rotatable bonds is 7. The van der Waals surface area contributed by atoms with Crippen LogP contribution in [0.5, 0.6) is 11.5 Å². The van der Waals surface area contributed by atoms with E-state index in [2.05, 4.69) is 15.9 Å². The van der Waals surface area contributed by atoms with Crippen molar-refractivity contribution in [2.75, 3.05) is 12.0 Å². The van der Waals surface area contributed by atoms with E-state index in [0.29, 0.717) is 37.7 Å². The Labute approximate surface area is 208 Å². The van der Waals surface area contributed by atoms with Crippen molar-refractivity contribution in [1.29, 1.82) is 0 Å². The second-order valence-electron chi connectivity index (χ2n) is 7.18. The summed E-state index contributed by atoms with van der Waals surface area (Å²) in [6, 6.07) is 18.7. The smallest absolute Gasteiger partial charge is 0.335 e. The number of nitrogens with zero attached hydrogens (tertiary/aromatic N) is 1.